The van der Waals surface area contributed by atoms with Crippen molar-refractivity contribution in [2.45, 2.75) is 64.9 Å². The molecule has 0 aromatic heterocycles. The van der Waals surface area contributed by atoms with E-state index in [4.69, 9.17) is 4.74 Å². The molecule has 3 nitrogen and oxygen atoms in total. The molecule has 2 aliphatic rings. The second kappa shape index (κ2) is 3.98. The van der Waals surface area contributed by atoms with Crippen LogP contribution in [0.2, 0.25) is 0 Å². The van der Waals surface area contributed by atoms with Crippen LogP contribution in [0.4, 0.5) is 0 Å². The molecule has 2 rings (SSSR count). The zero-order valence-electron chi connectivity index (χ0n) is 11.2. The largest absolute Gasteiger partial charge is 0.465 e. The summed E-state index contributed by atoms with van der Waals surface area (Å²) in [6.07, 6.45) is 5.07. The second-order valence-electron chi connectivity index (χ2n) is 6.56. The molecule has 0 aliphatic heterocycles. The number of carbonyl (C=O) groups is 1. The lowest BCUT2D eigenvalue weighted by atomic mass is 9.48. The molecule has 0 spiro atoms. The van der Waals surface area contributed by atoms with E-state index in [1.54, 1.807) is 0 Å². The first-order chi connectivity index (χ1) is 7.85. The summed E-state index contributed by atoms with van der Waals surface area (Å²) in [5.74, 6) is -0.177. The number of hydrogen-bond acceptors (Lipinski definition) is 3. The van der Waals surface area contributed by atoms with Crippen LogP contribution >= 0.6 is 0 Å². The molecule has 0 atom stereocenters. The Hall–Kier alpha value is -0.570. The molecule has 0 aromatic rings. The minimum Gasteiger partial charge on any atom is -0.465 e. The van der Waals surface area contributed by atoms with E-state index in [0.717, 1.165) is 38.5 Å². The Morgan fingerprint density at radius 3 is 2.18 bits per heavy atom. The standard InChI is InChI=1S/C14H24O3/c1-4-17-11(15)13(9-12(2,3)10-13)14(16)7-5-6-8-14/h16H,4-10H2,1-3H3. The molecule has 0 aromatic carbocycles. The van der Waals surface area contributed by atoms with Gasteiger partial charge in [0, 0.05) is 0 Å². The molecular formula is C14H24O3. The lowest BCUT2D eigenvalue weighted by Gasteiger charge is -2.57. The van der Waals surface area contributed by atoms with Crippen LogP contribution < -0.4 is 0 Å². The van der Waals surface area contributed by atoms with Crippen LogP contribution in [-0.2, 0) is 9.53 Å². The predicted molar refractivity (Wildman–Crippen MR) is 65.5 cm³/mol. The SMILES string of the molecule is CCOC(=O)C1(C2(O)CCCC2)CC(C)(C)C1. The maximum Gasteiger partial charge on any atom is 0.315 e. The van der Waals surface area contributed by atoms with E-state index in [1.807, 2.05) is 6.92 Å². The summed E-state index contributed by atoms with van der Waals surface area (Å²) in [5, 5.41) is 10.8. The van der Waals surface area contributed by atoms with E-state index in [2.05, 4.69) is 13.8 Å². The van der Waals surface area contributed by atoms with Crippen molar-refractivity contribution in [2.24, 2.45) is 10.8 Å². The van der Waals surface area contributed by atoms with Crippen molar-refractivity contribution < 1.29 is 14.6 Å². The Balaban J connectivity index is 2.23. The second-order valence-corrected chi connectivity index (χ2v) is 6.56. The van der Waals surface area contributed by atoms with Gasteiger partial charge >= 0.3 is 5.97 Å². The van der Waals surface area contributed by atoms with E-state index in [-0.39, 0.29) is 11.4 Å². The van der Waals surface area contributed by atoms with Gasteiger partial charge in [0.1, 0.15) is 0 Å². The molecule has 0 amide bonds. The monoisotopic (exact) mass is 240 g/mol. The topological polar surface area (TPSA) is 46.5 Å². The number of carbonyl (C=O) groups excluding carboxylic acids is 1. The van der Waals surface area contributed by atoms with Crippen LogP contribution in [0.25, 0.3) is 0 Å². The summed E-state index contributed by atoms with van der Waals surface area (Å²) < 4.78 is 5.22. The van der Waals surface area contributed by atoms with Gasteiger partial charge in [-0.05, 0) is 38.0 Å². The Morgan fingerprint density at radius 1 is 1.24 bits per heavy atom. The van der Waals surface area contributed by atoms with E-state index in [0.29, 0.717) is 6.61 Å². The third-order valence-electron chi connectivity index (χ3n) is 4.55. The highest BCUT2D eigenvalue weighted by molar-refractivity contribution is 5.80. The first-order valence-corrected chi connectivity index (χ1v) is 6.75. The van der Waals surface area contributed by atoms with Crippen molar-refractivity contribution in [3.63, 3.8) is 0 Å². The number of hydrogen-bond donors (Lipinski definition) is 1. The van der Waals surface area contributed by atoms with Gasteiger partial charge in [-0.3, -0.25) is 4.79 Å². The van der Waals surface area contributed by atoms with Crippen LogP contribution in [0, 0.1) is 10.8 Å². The van der Waals surface area contributed by atoms with Crippen molar-refractivity contribution >= 4 is 5.97 Å². The number of ether oxygens (including phenoxy) is 1. The third-order valence-corrected chi connectivity index (χ3v) is 4.55. The highest BCUT2D eigenvalue weighted by atomic mass is 16.5. The Morgan fingerprint density at radius 2 is 1.76 bits per heavy atom. The molecule has 0 bridgehead atoms. The maximum atomic E-state index is 12.2. The van der Waals surface area contributed by atoms with Crippen molar-refractivity contribution in [1.29, 1.82) is 0 Å². The first kappa shape index (κ1) is 12.9. The van der Waals surface area contributed by atoms with Crippen LogP contribution in [-0.4, -0.2) is 23.3 Å². The average molecular weight is 240 g/mol. The average Bonchev–Trinajstić information content (AvgIpc) is 2.62. The van der Waals surface area contributed by atoms with Gasteiger partial charge in [0.15, 0.2) is 0 Å². The summed E-state index contributed by atoms with van der Waals surface area (Å²) in [6, 6.07) is 0. The molecule has 2 saturated carbocycles. The smallest absolute Gasteiger partial charge is 0.315 e. The molecule has 0 saturated heterocycles. The highest BCUT2D eigenvalue weighted by Crippen LogP contribution is 2.63. The molecular weight excluding hydrogens is 216 g/mol. The van der Waals surface area contributed by atoms with Crippen LogP contribution in [0.1, 0.15) is 59.3 Å². The highest BCUT2D eigenvalue weighted by Gasteiger charge is 2.66. The van der Waals surface area contributed by atoms with Gasteiger partial charge in [-0.1, -0.05) is 26.7 Å². The van der Waals surface area contributed by atoms with Gasteiger partial charge < -0.3 is 9.84 Å². The van der Waals surface area contributed by atoms with Crippen LogP contribution in [0.15, 0.2) is 0 Å². The molecule has 17 heavy (non-hydrogen) atoms. The van der Waals surface area contributed by atoms with E-state index < -0.39 is 11.0 Å². The molecule has 1 N–H and O–H groups in total. The predicted octanol–water partition coefficient (Wildman–Crippen LogP) is 2.66. The Kier molecular flexibility index (Phi) is 3.01. The first-order valence-electron chi connectivity index (χ1n) is 6.75. The normalized spacial score (nSPS) is 28.5. The molecule has 0 radical (unpaired) electrons. The number of rotatable bonds is 3. The zero-order valence-corrected chi connectivity index (χ0v) is 11.2. The quantitative estimate of drug-likeness (QED) is 0.771. The lowest BCUT2D eigenvalue weighted by molar-refractivity contribution is -0.209. The fourth-order valence-electron chi connectivity index (χ4n) is 3.95. The summed E-state index contributed by atoms with van der Waals surface area (Å²) in [7, 11) is 0. The molecule has 2 fully saturated rings. The summed E-state index contributed by atoms with van der Waals surface area (Å²) in [6.45, 7) is 6.54. The minimum absolute atomic E-state index is 0.158. The van der Waals surface area contributed by atoms with Crippen molar-refractivity contribution in [3.8, 4) is 0 Å². The fourth-order valence-corrected chi connectivity index (χ4v) is 3.95. The number of aliphatic hydroxyl groups is 1. The van der Waals surface area contributed by atoms with Crippen LogP contribution in [0.5, 0.6) is 0 Å². The third kappa shape index (κ3) is 1.88. The Labute approximate surface area is 104 Å². The molecule has 98 valence electrons. The lowest BCUT2D eigenvalue weighted by Crippen LogP contribution is -2.62. The van der Waals surface area contributed by atoms with Crippen molar-refractivity contribution in [2.75, 3.05) is 6.61 Å². The molecule has 2 aliphatic carbocycles. The summed E-state index contributed by atoms with van der Waals surface area (Å²) >= 11 is 0. The minimum atomic E-state index is -0.811. The number of esters is 1. The maximum absolute atomic E-state index is 12.2. The van der Waals surface area contributed by atoms with Crippen molar-refractivity contribution in [1.82, 2.24) is 0 Å². The van der Waals surface area contributed by atoms with Gasteiger partial charge in [-0.25, -0.2) is 0 Å². The van der Waals surface area contributed by atoms with Gasteiger partial charge in [0.05, 0.1) is 17.6 Å². The summed E-state index contributed by atoms with van der Waals surface area (Å²) in [4.78, 5) is 12.2. The van der Waals surface area contributed by atoms with Crippen LogP contribution in [0.3, 0.4) is 0 Å². The fraction of sp³-hybridized carbons (Fsp3) is 0.929. The van der Waals surface area contributed by atoms with Gasteiger partial charge in [-0.2, -0.15) is 0 Å². The van der Waals surface area contributed by atoms with E-state index in [1.165, 1.54) is 0 Å². The van der Waals surface area contributed by atoms with E-state index in [9.17, 15) is 9.90 Å². The zero-order chi connectivity index (χ0) is 12.7. The van der Waals surface area contributed by atoms with Gasteiger partial charge in [0.2, 0.25) is 0 Å². The molecule has 0 unspecified atom stereocenters. The van der Waals surface area contributed by atoms with Crippen molar-refractivity contribution in [3.05, 3.63) is 0 Å². The van der Waals surface area contributed by atoms with Gasteiger partial charge in [-0.15, -0.1) is 0 Å². The molecule has 3 heteroatoms. The molecule has 0 heterocycles. The summed E-state index contributed by atoms with van der Waals surface area (Å²) in [5.41, 5.74) is -1.27. The van der Waals surface area contributed by atoms with E-state index >= 15 is 0 Å². The van der Waals surface area contributed by atoms with Gasteiger partial charge in [0.25, 0.3) is 0 Å². The Bertz CT molecular complexity index is 305.